The van der Waals surface area contributed by atoms with Gasteiger partial charge in [0, 0.05) is 11.1 Å². The van der Waals surface area contributed by atoms with E-state index in [0.717, 1.165) is 4.90 Å². The summed E-state index contributed by atoms with van der Waals surface area (Å²) in [4.78, 5) is 50.3. The number of ether oxygens (including phenoxy) is 4. The maximum atomic E-state index is 12.8. The molecule has 0 aliphatic carbocycles. The fraction of sp³-hybridized carbons (Fsp3) is 0.652. The van der Waals surface area contributed by atoms with Crippen LogP contribution in [0.15, 0.2) is 24.3 Å². The molecule has 2 atom stereocenters. The van der Waals surface area contributed by atoms with Crippen molar-refractivity contribution in [3.63, 3.8) is 0 Å². The van der Waals surface area contributed by atoms with Crippen LogP contribution in [0.2, 0.25) is 0 Å². The van der Waals surface area contributed by atoms with E-state index in [2.05, 4.69) is 13.2 Å². The highest BCUT2D eigenvalue weighted by Gasteiger charge is 2.51. The molecule has 0 aromatic rings. The lowest BCUT2D eigenvalue weighted by Crippen LogP contribution is -2.48. The van der Waals surface area contributed by atoms with Crippen molar-refractivity contribution < 1.29 is 48.3 Å². The Bertz CT molecular complexity index is 810. The Balaban J connectivity index is 2.47. The number of β-amino-alcohol motifs (C(OH)–C–C–N with tert-alkyl or cyclic N) is 2. The summed E-state index contributed by atoms with van der Waals surface area (Å²) >= 11 is 0. The molecule has 2 unspecified atom stereocenters. The summed E-state index contributed by atoms with van der Waals surface area (Å²) in [5, 5.41) is 20.5. The molecule has 0 radical (unpaired) electrons. The molecule has 1 fully saturated rings. The van der Waals surface area contributed by atoms with Crippen LogP contribution >= 0.6 is 0 Å². The van der Waals surface area contributed by atoms with E-state index < -0.39 is 41.6 Å². The third kappa shape index (κ3) is 9.40. The zero-order valence-electron chi connectivity index (χ0n) is 20.8. The van der Waals surface area contributed by atoms with Crippen molar-refractivity contribution in [3.05, 3.63) is 24.3 Å². The summed E-state index contributed by atoms with van der Waals surface area (Å²) in [5.74, 6) is -1.63. The van der Waals surface area contributed by atoms with Crippen LogP contribution in [-0.4, -0.2) is 114 Å². The van der Waals surface area contributed by atoms with Crippen LogP contribution in [-0.2, 0) is 33.3 Å². The van der Waals surface area contributed by atoms with Gasteiger partial charge in [0.2, 0.25) is 0 Å². The van der Waals surface area contributed by atoms with E-state index in [-0.39, 0.29) is 63.9 Å². The molecule has 1 aliphatic rings. The van der Waals surface area contributed by atoms with Crippen molar-refractivity contribution in [1.29, 1.82) is 0 Å². The van der Waals surface area contributed by atoms with Gasteiger partial charge < -0.3 is 34.1 Å². The van der Waals surface area contributed by atoms with Crippen molar-refractivity contribution >= 4 is 23.9 Å². The molecule has 1 saturated heterocycles. The lowest BCUT2D eigenvalue weighted by molar-refractivity contribution is -0.141. The van der Waals surface area contributed by atoms with Crippen LogP contribution in [0.4, 0.5) is 4.79 Å². The Labute approximate surface area is 205 Å². The van der Waals surface area contributed by atoms with E-state index >= 15 is 0 Å². The van der Waals surface area contributed by atoms with E-state index in [1.165, 1.54) is 32.6 Å². The standard InChI is InChI=1S/C23H36N2O10/c1-15(2)19(28)34-9-7-32-13-17(26)11-24-21(30)23(5,6)25(22(24)31)12-18(27)14-33-8-10-35-20(29)16(3)4/h17-18,26-27H,1,3,7-14H2,2,4-6H3. The highest BCUT2D eigenvalue weighted by Crippen LogP contribution is 2.28. The molecular weight excluding hydrogens is 464 g/mol. The molecule has 12 heteroatoms. The van der Waals surface area contributed by atoms with Gasteiger partial charge in [-0.3, -0.25) is 9.69 Å². The number of hydrogen-bond acceptors (Lipinski definition) is 10. The summed E-state index contributed by atoms with van der Waals surface area (Å²) in [6.07, 6.45) is -2.26. The third-order valence-electron chi connectivity index (χ3n) is 4.93. The van der Waals surface area contributed by atoms with Gasteiger partial charge in [0.15, 0.2) is 0 Å². The average molecular weight is 501 g/mol. The summed E-state index contributed by atoms with van der Waals surface area (Å²) in [6.45, 7) is 12.2. The molecule has 1 aliphatic heterocycles. The zero-order valence-corrected chi connectivity index (χ0v) is 20.8. The molecule has 0 spiro atoms. The number of nitrogens with zero attached hydrogens (tertiary/aromatic N) is 2. The number of aliphatic hydroxyl groups excluding tert-OH is 2. The van der Waals surface area contributed by atoms with Crippen molar-refractivity contribution in [2.45, 2.75) is 45.4 Å². The highest BCUT2D eigenvalue weighted by molar-refractivity contribution is 6.06. The number of urea groups is 1. The number of esters is 2. The molecule has 2 N–H and O–H groups in total. The van der Waals surface area contributed by atoms with Gasteiger partial charge in [-0.15, -0.1) is 0 Å². The van der Waals surface area contributed by atoms with Gasteiger partial charge in [0.25, 0.3) is 5.91 Å². The number of carbonyl (C=O) groups is 4. The SMILES string of the molecule is C=C(C)C(=O)OCCOCC(O)CN1C(=O)N(CC(O)COCCOC(=O)C(=C)C)C(C)(C)C1=O. The van der Waals surface area contributed by atoms with Crippen LogP contribution in [0, 0.1) is 0 Å². The predicted molar refractivity (Wildman–Crippen MR) is 123 cm³/mol. The Morgan fingerprint density at radius 2 is 1.29 bits per heavy atom. The first kappa shape index (κ1) is 30.2. The van der Waals surface area contributed by atoms with Gasteiger partial charge in [-0.25, -0.2) is 14.4 Å². The molecule has 35 heavy (non-hydrogen) atoms. The first-order valence-electron chi connectivity index (χ1n) is 11.1. The monoisotopic (exact) mass is 500 g/mol. The minimum absolute atomic E-state index is 0.0187. The van der Waals surface area contributed by atoms with Crippen molar-refractivity contribution in [3.8, 4) is 0 Å². The minimum Gasteiger partial charge on any atom is -0.460 e. The van der Waals surface area contributed by atoms with Gasteiger partial charge in [-0.1, -0.05) is 13.2 Å². The van der Waals surface area contributed by atoms with Crippen molar-refractivity contribution in [2.24, 2.45) is 0 Å². The maximum absolute atomic E-state index is 12.8. The number of imide groups is 1. The fourth-order valence-corrected chi connectivity index (χ4v) is 2.98. The number of rotatable bonds is 16. The summed E-state index contributed by atoms with van der Waals surface area (Å²) in [7, 11) is 0. The lowest BCUT2D eigenvalue weighted by atomic mass is 10.0. The molecule has 1 heterocycles. The second-order valence-electron chi connectivity index (χ2n) is 8.66. The summed E-state index contributed by atoms with van der Waals surface area (Å²) in [6, 6.07) is -0.663. The number of aliphatic hydroxyl groups is 2. The molecule has 12 nitrogen and oxygen atoms in total. The Morgan fingerprint density at radius 1 is 0.857 bits per heavy atom. The highest BCUT2D eigenvalue weighted by atomic mass is 16.6. The number of hydrogen-bond donors (Lipinski definition) is 2. The van der Waals surface area contributed by atoms with Gasteiger partial charge in [-0.2, -0.15) is 0 Å². The largest absolute Gasteiger partial charge is 0.460 e. The maximum Gasteiger partial charge on any atom is 0.333 e. The van der Waals surface area contributed by atoms with E-state index in [4.69, 9.17) is 18.9 Å². The summed E-state index contributed by atoms with van der Waals surface area (Å²) < 4.78 is 20.2. The van der Waals surface area contributed by atoms with E-state index in [0.29, 0.717) is 0 Å². The minimum atomic E-state index is -1.24. The second kappa shape index (κ2) is 13.9. The van der Waals surface area contributed by atoms with Crippen LogP contribution < -0.4 is 0 Å². The Hall–Kier alpha value is -2.80. The topological polar surface area (TPSA) is 152 Å². The van der Waals surface area contributed by atoms with Crippen LogP contribution in [0.25, 0.3) is 0 Å². The quantitative estimate of drug-likeness (QED) is 0.128. The van der Waals surface area contributed by atoms with Gasteiger partial charge in [0.05, 0.1) is 51.7 Å². The Morgan fingerprint density at radius 3 is 1.71 bits per heavy atom. The van der Waals surface area contributed by atoms with E-state index in [1.807, 2.05) is 0 Å². The van der Waals surface area contributed by atoms with Crippen molar-refractivity contribution in [1.82, 2.24) is 9.80 Å². The zero-order chi connectivity index (χ0) is 26.8. The first-order valence-corrected chi connectivity index (χ1v) is 11.1. The third-order valence-corrected chi connectivity index (χ3v) is 4.93. The lowest BCUT2D eigenvalue weighted by Gasteiger charge is -2.29. The van der Waals surface area contributed by atoms with Crippen LogP contribution in [0.1, 0.15) is 27.7 Å². The molecule has 0 saturated carbocycles. The van der Waals surface area contributed by atoms with Gasteiger partial charge in [0.1, 0.15) is 18.8 Å². The smallest absolute Gasteiger partial charge is 0.333 e. The van der Waals surface area contributed by atoms with Crippen LogP contribution in [0.5, 0.6) is 0 Å². The second-order valence-corrected chi connectivity index (χ2v) is 8.66. The average Bonchev–Trinajstić information content (AvgIpc) is 2.92. The molecule has 0 aromatic carbocycles. The van der Waals surface area contributed by atoms with E-state index in [9.17, 15) is 29.4 Å². The molecule has 0 aromatic heterocycles. The van der Waals surface area contributed by atoms with Crippen molar-refractivity contribution in [2.75, 3.05) is 52.7 Å². The predicted octanol–water partition coefficient (Wildman–Crippen LogP) is 0.0228. The molecule has 0 bridgehead atoms. The molecular formula is C23H36N2O10. The van der Waals surface area contributed by atoms with Gasteiger partial charge >= 0.3 is 18.0 Å². The first-order chi connectivity index (χ1) is 16.3. The normalized spacial score (nSPS) is 16.7. The van der Waals surface area contributed by atoms with E-state index in [1.54, 1.807) is 0 Å². The fourth-order valence-electron chi connectivity index (χ4n) is 2.98. The van der Waals surface area contributed by atoms with Crippen LogP contribution in [0.3, 0.4) is 0 Å². The van der Waals surface area contributed by atoms with Gasteiger partial charge in [-0.05, 0) is 27.7 Å². The summed E-state index contributed by atoms with van der Waals surface area (Å²) in [5.41, 5.74) is -0.731. The molecule has 1 rings (SSSR count). The molecule has 198 valence electrons. The Kier molecular flexibility index (Phi) is 12.0. The number of carbonyl (C=O) groups excluding carboxylic acids is 4. The molecule has 3 amide bonds. The number of amides is 3.